The highest BCUT2D eigenvalue weighted by atomic mass is 32.2. The zero-order chi connectivity index (χ0) is 25.5. The lowest BCUT2D eigenvalue weighted by molar-refractivity contribution is -0.131. The number of hydrogen-bond donors (Lipinski definition) is 2. The molecule has 1 heterocycles. The minimum Gasteiger partial charge on any atom is -0.497 e. The van der Waals surface area contributed by atoms with E-state index in [1.54, 1.807) is 74.9 Å². The van der Waals surface area contributed by atoms with Gasteiger partial charge in [0.15, 0.2) is 5.82 Å². The molecule has 10 heteroatoms. The third-order valence-corrected chi connectivity index (χ3v) is 5.93. The number of benzene rings is 3. The standard InChI is InChI=1S/C26H22FN3O5S/c1-33-19-11-18(12-20(14-19)34-2)24-28-26(30-29-24)36-23(25(31)32)13-16-7-4-6-10-22(16)35-15-17-8-3-5-9-21(17)27/h3-14H,15H2,1-2H3,(H,31,32)(H,28,29,30)/b23-13-. The van der Waals surface area contributed by atoms with Gasteiger partial charge in [-0.15, -0.1) is 5.10 Å². The van der Waals surface area contributed by atoms with E-state index >= 15 is 0 Å². The van der Waals surface area contributed by atoms with Crippen LogP contribution >= 0.6 is 11.8 Å². The minimum absolute atomic E-state index is 0.00135. The first kappa shape index (κ1) is 24.8. The van der Waals surface area contributed by atoms with Gasteiger partial charge in [0.25, 0.3) is 0 Å². The fourth-order valence-electron chi connectivity index (χ4n) is 3.24. The monoisotopic (exact) mass is 507 g/mol. The number of rotatable bonds is 10. The largest absolute Gasteiger partial charge is 0.497 e. The predicted octanol–water partition coefficient (Wildman–Crippen LogP) is 5.42. The molecule has 36 heavy (non-hydrogen) atoms. The van der Waals surface area contributed by atoms with Crippen molar-refractivity contribution in [2.24, 2.45) is 0 Å². The van der Waals surface area contributed by atoms with Gasteiger partial charge in [0.05, 0.1) is 14.2 Å². The van der Waals surface area contributed by atoms with Crippen molar-refractivity contribution in [1.29, 1.82) is 0 Å². The summed E-state index contributed by atoms with van der Waals surface area (Å²) in [6.45, 7) is 0.00135. The van der Waals surface area contributed by atoms with Crippen LogP contribution in [0.3, 0.4) is 0 Å². The second-order valence-corrected chi connectivity index (χ2v) is 8.41. The van der Waals surface area contributed by atoms with Gasteiger partial charge in [-0.2, -0.15) is 0 Å². The Balaban J connectivity index is 1.56. The quantitative estimate of drug-likeness (QED) is 0.216. The van der Waals surface area contributed by atoms with Crippen LogP contribution in [0.5, 0.6) is 17.2 Å². The number of aromatic nitrogens is 3. The highest BCUT2D eigenvalue weighted by molar-refractivity contribution is 8.04. The van der Waals surface area contributed by atoms with Crippen molar-refractivity contribution < 1.29 is 28.5 Å². The van der Waals surface area contributed by atoms with Crippen molar-refractivity contribution in [3.8, 4) is 28.6 Å². The zero-order valence-electron chi connectivity index (χ0n) is 19.4. The number of aromatic amines is 1. The van der Waals surface area contributed by atoms with Gasteiger partial charge in [-0.1, -0.05) is 36.4 Å². The van der Waals surface area contributed by atoms with Crippen LogP contribution < -0.4 is 14.2 Å². The van der Waals surface area contributed by atoms with E-state index < -0.39 is 5.97 Å². The average Bonchev–Trinajstić information content (AvgIpc) is 3.37. The molecule has 1 aromatic heterocycles. The molecule has 0 aliphatic rings. The first-order valence-corrected chi connectivity index (χ1v) is 11.5. The summed E-state index contributed by atoms with van der Waals surface area (Å²) in [4.78, 5) is 16.4. The van der Waals surface area contributed by atoms with Crippen molar-refractivity contribution in [2.75, 3.05) is 14.2 Å². The molecule has 0 aliphatic carbocycles. The Labute approximate surface area is 210 Å². The number of ether oxygens (including phenoxy) is 3. The third kappa shape index (κ3) is 6.02. The Bertz CT molecular complexity index is 1380. The van der Waals surface area contributed by atoms with E-state index in [-0.39, 0.29) is 22.5 Å². The van der Waals surface area contributed by atoms with Crippen molar-refractivity contribution >= 4 is 23.8 Å². The van der Waals surface area contributed by atoms with E-state index in [1.807, 2.05) is 0 Å². The van der Waals surface area contributed by atoms with E-state index in [9.17, 15) is 14.3 Å². The number of aliphatic carboxylic acids is 1. The summed E-state index contributed by atoms with van der Waals surface area (Å²) in [5.41, 5.74) is 1.58. The number of para-hydroxylation sites is 1. The first-order valence-electron chi connectivity index (χ1n) is 10.7. The topological polar surface area (TPSA) is 107 Å². The molecule has 3 aromatic carbocycles. The number of methoxy groups -OCH3 is 2. The molecule has 2 N–H and O–H groups in total. The van der Waals surface area contributed by atoms with E-state index in [2.05, 4.69) is 15.2 Å². The summed E-state index contributed by atoms with van der Waals surface area (Å²) in [6, 6.07) is 18.5. The van der Waals surface area contributed by atoms with Crippen molar-refractivity contribution in [3.63, 3.8) is 0 Å². The van der Waals surface area contributed by atoms with Gasteiger partial charge in [0.1, 0.15) is 34.6 Å². The van der Waals surface area contributed by atoms with Crippen LogP contribution in [0, 0.1) is 5.82 Å². The van der Waals surface area contributed by atoms with Gasteiger partial charge in [-0.25, -0.2) is 14.2 Å². The highest BCUT2D eigenvalue weighted by Crippen LogP contribution is 2.32. The number of carboxylic acids is 1. The smallest absolute Gasteiger partial charge is 0.342 e. The number of carbonyl (C=O) groups is 1. The Hall–Kier alpha value is -4.31. The Morgan fingerprint density at radius 1 is 1.06 bits per heavy atom. The summed E-state index contributed by atoms with van der Waals surface area (Å²) >= 11 is 0.883. The molecular weight excluding hydrogens is 485 g/mol. The summed E-state index contributed by atoms with van der Waals surface area (Å²) < 4.78 is 30.3. The molecule has 8 nitrogen and oxygen atoms in total. The molecule has 0 unspecified atom stereocenters. The highest BCUT2D eigenvalue weighted by Gasteiger charge is 2.16. The Kier molecular flexibility index (Phi) is 7.86. The number of H-pyrrole nitrogens is 1. The van der Waals surface area contributed by atoms with Crippen LogP contribution in [-0.4, -0.2) is 40.5 Å². The number of nitrogens with zero attached hydrogens (tertiary/aromatic N) is 2. The molecular formula is C26H22FN3O5S. The number of hydrogen-bond acceptors (Lipinski definition) is 7. The molecule has 0 bridgehead atoms. The maximum Gasteiger partial charge on any atom is 0.342 e. The summed E-state index contributed by atoms with van der Waals surface area (Å²) in [5, 5.41) is 17.0. The summed E-state index contributed by atoms with van der Waals surface area (Å²) in [7, 11) is 3.09. The van der Waals surface area contributed by atoms with Crippen LogP contribution in [0.4, 0.5) is 4.39 Å². The Morgan fingerprint density at radius 2 is 1.75 bits per heavy atom. The Morgan fingerprint density at radius 3 is 2.44 bits per heavy atom. The molecule has 4 rings (SSSR count). The molecule has 0 radical (unpaired) electrons. The van der Waals surface area contributed by atoms with Crippen LogP contribution in [0.25, 0.3) is 17.5 Å². The maximum atomic E-state index is 14.0. The molecule has 4 aromatic rings. The van der Waals surface area contributed by atoms with Gasteiger partial charge in [0.2, 0.25) is 5.16 Å². The summed E-state index contributed by atoms with van der Waals surface area (Å²) in [5.74, 6) is 0.466. The SMILES string of the molecule is COc1cc(OC)cc(-c2nc(S/C(=C\c3ccccc3OCc3ccccc3F)C(=O)O)n[nH]2)c1. The van der Waals surface area contributed by atoms with Crippen molar-refractivity contribution in [3.05, 3.63) is 88.6 Å². The van der Waals surface area contributed by atoms with Crippen LogP contribution in [0.2, 0.25) is 0 Å². The molecule has 0 saturated heterocycles. The van der Waals surface area contributed by atoms with Crippen LogP contribution in [0.1, 0.15) is 11.1 Å². The zero-order valence-corrected chi connectivity index (χ0v) is 20.2. The molecule has 0 saturated carbocycles. The van der Waals surface area contributed by atoms with Gasteiger partial charge in [-0.3, -0.25) is 5.10 Å². The molecule has 0 atom stereocenters. The maximum absolute atomic E-state index is 14.0. The lowest BCUT2D eigenvalue weighted by atomic mass is 10.2. The average molecular weight is 508 g/mol. The molecule has 0 fully saturated rings. The predicted molar refractivity (Wildman–Crippen MR) is 134 cm³/mol. The van der Waals surface area contributed by atoms with E-state index in [4.69, 9.17) is 14.2 Å². The van der Waals surface area contributed by atoms with Gasteiger partial charge in [0, 0.05) is 22.8 Å². The summed E-state index contributed by atoms with van der Waals surface area (Å²) in [6.07, 6.45) is 1.47. The minimum atomic E-state index is -1.15. The van der Waals surface area contributed by atoms with Crippen LogP contribution in [-0.2, 0) is 11.4 Å². The lowest BCUT2D eigenvalue weighted by Crippen LogP contribution is -2.01. The van der Waals surface area contributed by atoms with E-state index in [0.717, 1.165) is 11.8 Å². The lowest BCUT2D eigenvalue weighted by Gasteiger charge is -2.10. The van der Waals surface area contributed by atoms with E-state index in [1.165, 1.54) is 12.1 Å². The van der Waals surface area contributed by atoms with Gasteiger partial charge in [-0.05, 0) is 42.1 Å². The third-order valence-electron chi connectivity index (χ3n) is 5.05. The van der Waals surface area contributed by atoms with Gasteiger partial charge >= 0.3 is 5.97 Å². The first-order chi connectivity index (χ1) is 17.5. The fourth-order valence-corrected chi connectivity index (χ4v) is 3.94. The molecule has 184 valence electrons. The van der Waals surface area contributed by atoms with Gasteiger partial charge < -0.3 is 19.3 Å². The normalized spacial score (nSPS) is 11.2. The number of carboxylic acid groups (broad SMARTS) is 1. The number of nitrogens with one attached hydrogen (secondary N) is 1. The van der Waals surface area contributed by atoms with Crippen LogP contribution in [0.15, 0.2) is 76.8 Å². The number of thioether (sulfide) groups is 1. The second kappa shape index (κ2) is 11.4. The molecule has 0 aliphatic heterocycles. The molecule has 0 amide bonds. The second-order valence-electron chi connectivity index (χ2n) is 7.40. The van der Waals surface area contributed by atoms with Crippen molar-refractivity contribution in [1.82, 2.24) is 15.2 Å². The fraction of sp³-hybridized carbons (Fsp3) is 0.115. The van der Waals surface area contributed by atoms with Crippen molar-refractivity contribution in [2.45, 2.75) is 11.8 Å². The number of halogens is 1. The van der Waals surface area contributed by atoms with E-state index in [0.29, 0.717) is 39.8 Å². The molecule has 0 spiro atoms.